The van der Waals surface area contributed by atoms with Crippen LogP contribution in [0.1, 0.15) is 23.2 Å². The first-order valence-electron chi connectivity index (χ1n) is 9.93. The summed E-state index contributed by atoms with van der Waals surface area (Å²) in [4.78, 5) is 20.9. The molecule has 0 aliphatic carbocycles. The van der Waals surface area contributed by atoms with Crippen LogP contribution in [0.25, 0.3) is 0 Å². The van der Waals surface area contributed by atoms with Crippen LogP contribution >= 0.6 is 0 Å². The lowest BCUT2D eigenvalue weighted by Crippen LogP contribution is -2.44. The van der Waals surface area contributed by atoms with Crippen LogP contribution in [-0.4, -0.2) is 68.0 Å². The fourth-order valence-corrected chi connectivity index (χ4v) is 4.93. The number of carbonyl (C=O) groups excluding carboxylic acids is 1. The molecule has 0 bridgehead atoms. The molecule has 0 saturated carbocycles. The van der Waals surface area contributed by atoms with Gasteiger partial charge in [0.25, 0.3) is 5.91 Å². The zero-order valence-electron chi connectivity index (χ0n) is 16.2. The lowest BCUT2D eigenvalue weighted by atomic mass is 10.1. The minimum atomic E-state index is -3.01. The van der Waals surface area contributed by atoms with Crippen LogP contribution in [-0.2, 0) is 9.84 Å². The largest absolute Gasteiger partial charge is 0.489 e. The van der Waals surface area contributed by atoms with Crippen molar-refractivity contribution < 1.29 is 17.9 Å². The van der Waals surface area contributed by atoms with E-state index in [4.69, 9.17) is 4.74 Å². The van der Waals surface area contributed by atoms with Gasteiger partial charge in [-0.05, 0) is 37.1 Å². The van der Waals surface area contributed by atoms with E-state index < -0.39 is 9.84 Å². The monoisotopic (exact) mass is 415 g/mol. The van der Waals surface area contributed by atoms with E-state index in [1.807, 2.05) is 36.4 Å². The first-order chi connectivity index (χ1) is 14.0. The van der Waals surface area contributed by atoms with Crippen molar-refractivity contribution in [1.29, 1.82) is 0 Å². The van der Waals surface area contributed by atoms with Crippen LogP contribution in [0.2, 0.25) is 0 Å². The number of hydrogen-bond acceptors (Lipinski definition) is 6. The topological polar surface area (TPSA) is 79.8 Å². The highest BCUT2D eigenvalue weighted by atomic mass is 32.2. The zero-order valence-corrected chi connectivity index (χ0v) is 17.1. The van der Waals surface area contributed by atoms with Crippen molar-refractivity contribution in [2.24, 2.45) is 0 Å². The van der Waals surface area contributed by atoms with Crippen LogP contribution in [0, 0.1) is 0 Å². The Morgan fingerprint density at radius 2 is 1.79 bits per heavy atom. The Bertz CT molecular complexity index is 934. The number of pyridine rings is 1. The maximum Gasteiger partial charge on any atom is 0.255 e. The Balaban J connectivity index is 1.38. The van der Waals surface area contributed by atoms with Crippen molar-refractivity contribution in [2.75, 3.05) is 42.6 Å². The predicted molar refractivity (Wildman–Crippen MR) is 111 cm³/mol. The lowest BCUT2D eigenvalue weighted by Gasteiger charge is -2.33. The third-order valence-corrected chi connectivity index (χ3v) is 6.98. The van der Waals surface area contributed by atoms with Crippen molar-refractivity contribution in [2.45, 2.75) is 18.9 Å². The first kappa shape index (κ1) is 19.7. The van der Waals surface area contributed by atoms with E-state index in [2.05, 4.69) is 9.88 Å². The van der Waals surface area contributed by atoms with Crippen molar-refractivity contribution in [1.82, 2.24) is 9.88 Å². The van der Waals surface area contributed by atoms with Gasteiger partial charge in [0.1, 0.15) is 17.7 Å². The summed E-state index contributed by atoms with van der Waals surface area (Å²) in [7, 11) is -3.01. The number of nitrogens with zero attached hydrogens (tertiary/aromatic N) is 3. The Morgan fingerprint density at radius 1 is 1.03 bits per heavy atom. The quantitative estimate of drug-likeness (QED) is 0.760. The van der Waals surface area contributed by atoms with Gasteiger partial charge in [-0.25, -0.2) is 13.4 Å². The van der Waals surface area contributed by atoms with Gasteiger partial charge in [-0.15, -0.1) is 0 Å². The van der Waals surface area contributed by atoms with Crippen molar-refractivity contribution in [3.8, 4) is 5.75 Å². The molecule has 0 spiro atoms. The van der Waals surface area contributed by atoms with Gasteiger partial charge in [0.2, 0.25) is 0 Å². The fraction of sp³-hybridized carbons (Fsp3) is 0.429. The average Bonchev–Trinajstić information content (AvgIpc) is 2.74. The van der Waals surface area contributed by atoms with Crippen LogP contribution in [0.5, 0.6) is 5.75 Å². The molecule has 2 saturated heterocycles. The van der Waals surface area contributed by atoms with Crippen molar-refractivity contribution in [3.63, 3.8) is 0 Å². The summed E-state index contributed by atoms with van der Waals surface area (Å²) >= 11 is 0. The maximum absolute atomic E-state index is 12.6. The molecule has 7 nitrogen and oxygen atoms in total. The molecule has 2 aliphatic rings. The van der Waals surface area contributed by atoms with Gasteiger partial charge >= 0.3 is 0 Å². The predicted octanol–water partition coefficient (Wildman–Crippen LogP) is 2.00. The standard InChI is InChI=1S/C21H25N3O4S/c25-21(23-11-13-29(26,27)14-12-23)17-8-9-20(22-15-17)24-10-4-7-19(16-24)28-18-5-2-1-3-6-18/h1-3,5-6,8-9,15,19H,4,7,10-14,16H2. The molecule has 2 aromatic rings. The normalized spacial score (nSPS) is 21.6. The Hall–Kier alpha value is -2.61. The summed E-state index contributed by atoms with van der Waals surface area (Å²) in [5.74, 6) is 1.59. The first-order valence-corrected chi connectivity index (χ1v) is 11.7. The molecule has 1 atom stereocenters. The number of sulfone groups is 1. The molecule has 154 valence electrons. The Labute approximate surface area is 171 Å². The van der Waals surface area contributed by atoms with Gasteiger partial charge in [0.05, 0.1) is 23.6 Å². The summed E-state index contributed by atoms with van der Waals surface area (Å²) in [6, 6.07) is 13.5. The molecule has 3 heterocycles. The van der Waals surface area contributed by atoms with E-state index in [0.717, 1.165) is 37.5 Å². The summed E-state index contributed by atoms with van der Waals surface area (Å²) in [5, 5.41) is 0. The van der Waals surface area contributed by atoms with Crippen LogP contribution in [0.4, 0.5) is 5.82 Å². The maximum atomic E-state index is 12.6. The van der Waals surface area contributed by atoms with E-state index in [-0.39, 0.29) is 36.6 Å². The lowest BCUT2D eigenvalue weighted by molar-refractivity contribution is 0.0770. The Kier molecular flexibility index (Phi) is 5.71. The molecule has 1 aromatic carbocycles. The summed E-state index contributed by atoms with van der Waals surface area (Å²) < 4.78 is 29.2. The number of anilines is 1. The van der Waals surface area contributed by atoms with E-state index in [1.54, 1.807) is 17.2 Å². The van der Waals surface area contributed by atoms with Crippen LogP contribution in [0.15, 0.2) is 48.7 Å². The minimum absolute atomic E-state index is 0.0286. The molecule has 29 heavy (non-hydrogen) atoms. The molecule has 2 aliphatic heterocycles. The second-order valence-corrected chi connectivity index (χ2v) is 9.79. The van der Waals surface area contributed by atoms with Crippen molar-refractivity contribution in [3.05, 3.63) is 54.2 Å². The molecule has 8 heteroatoms. The average molecular weight is 416 g/mol. The highest BCUT2D eigenvalue weighted by Gasteiger charge is 2.26. The van der Waals surface area contributed by atoms with Gasteiger partial charge in [0.15, 0.2) is 9.84 Å². The number of rotatable bonds is 4. The molecule has 1 aromatic heterocycles. The number of aromatic nitrogens is 1. The molecule has 1 unspecified atom stereocenters. The van der Waals surface area contributed by atoms with Crippen LogP contribution in [0.3, 0.4) is 0 Å². The van der Waals surface area contributed by atoms with Gasteiger partial charge in [-0.3, -0.25) is 4.79 Å². The molecule has 2 fully saturated rings. The van der Waals surface area contributed by atoms with E-state index in [9.17, 15) is 13.2 Å². The smallest absolute Gasteiger partial charge is 0.255 e. The molecule has 4 rings (SSSR count). The van der Waals surface area contributed by atoms with Gasteiger partial charge in [0, 0.05) is 25.8 Å². The van der Waals surface area contributed by atoms with E-state index >= 15 is 0 Å². The van der Waals surface area contributed by atoms with Gasteiger partial charge < -0.3 is 14.5 Å². The number of amides is 1. The highest BCUT2D eigenvalue weighted by molar-refractivity contribution is 7.91. The number of para-hydroxylation sites is 1. The van der Waals surface area contributed by atoms with Crippen LogP contribution < -0.4 is 9.64 Å². The fourth-order valence-electron chi connectivity index (χ4n) is 3.73. The summed E-state index contributed by atoms with van der Waals surface area (Å²) in [6.45, 7) is 2.14. The third-order valence-electron chi connectivity index (χ3n) is 5.37. The molecule has 1 amide bonds. The van der Waals surface area contributed by atoms with Gasteiger partial charge in [-0.2, -0.15) is 0 Å². The highest BCUT2D eigenvalue weighted by Crippen LogP contribution is 2.22. The molecular formula is C21H25N3O4S. The van der Waals surface area contributed by atoms with Crippen molar-refractivity contribution >= 4 is 21.6 Å². The molecule has 0 N–H and O–H groups in total. The SMILES string of the molecule is O=C(c1ccc(N2CCCC(Oc3ccccc3)C2)nc1)N1CCS(=O)(=O)CC1. The molecular weight excluding hydrogens is 390 g/mol. The van der Waals surface area contributed by atoms with E-state index in [0.29, 0.717) is 5.56 Å². The second kappa shape index (κ2) is 8.41. The number of benzene rings is 1. The number of hydrogen-bond donors (Lipinski definition) is 0. The van der Waals surface area contributed by atoms with E-state index in [1.165, 1.54) is 0 Å². The number of ether oxygens (including phenoxy) is 1. The second-order valence-electron chi connectivity index (χ2n) is 7.49. The summed E-state index contributed by atoms with van der Waals surface area (Å²) in [6.07, 6.45) is 3.70. The molecule has 0 radical (unpaired) electrons. The Morgan fingerprint density at radius 3 is 2.48 bits per heavy atom. The third kappa shape index (κ3) is 4.87. The number of piperidine rings is 1. The summed E-state index contributed by atoms with van der Waals surface area (Å²) in [5.41, 5.74) is 0.488. The minimum Gasteiger partial charge on any atom is -0.489 e. The number of carbonyl (C=O) groups is 1. The zero-order chi connectivity index (χ0) is 20.3. The van der Waals surface area contributed by atoms with Gasteiger partial charge in [-0.1, -0.05) is 18.2 Å².